The van der Waals surface area contributed by atoms with Crippen LogP contribution in [0.25, 0.3) is 0 Å². The van der Waals surface area contributed by atoms with E-state index in [4.69, 9.17) is 9.26 Å². The molecule has 0 atom stereocenters. The van der Waals surface area contributed by atoms with Gasteiger partial charge in [0.15, 0.2) is 5.82 Å². The van der Waals surface area contributed by atoms with E-state index in [-0.39, 0.29) is 17.6 Å². The number of nitrogens with zero attached hydrogens (tertiary/aromatic N) is 1. The lowest BCUT2D eigenvalue weighted by atomic mass is 10.2. The van der Waals surface area contributed by atoms with E-state index in [1.807, 2.05) is 12.1 Å². The van der Waals surface area contributed by atoms with Gasteiger partial charge in [0, 0.05) is 22.2 Å². The Hall–Kier alpha value is -3.26. The topological polar surface area (TPSA) is 93.5 Å². The fraction of sp³-hybridized carbons (Fsp3) is 0.150. The number of ether oxygens (including phenoxy) is 1. The fourth-order valence-electron chi connectivity index (χ4n) is 2.33. The van der Waals surface area contributed by atoms with Crippen molar-refractivity contribution in [3.63, 3.8) is 0 Å². The minimum atomic E-state index is -0.203. The maximum atomic E-state index is 12.3. The molecule has 1 aromatic heterocycles. The van der Waals surface area contributed by atoms with Crippen molar-refractivity contribution in [3.05, 3.63) is 65.9 Å². The summed E-state index contributed by atoms with van der Waals surface area (Å²) in [6.45, 7) is 1.76. The second-order valence-corrected chi connectivity index (χ2v) is 6.92. The molecular formula is C20H19N3O4S. The largest absolute Gasteiger partial charge is 0.497 e. The van der Waals surface area contributed by atoms with Crippen molar-refractivity contribution in [2.75, 3.05) is 23.5 Å². The van der Waals surface area contributed by atoms with Crippen LogP contribution in [0.1, 0.15) is 16.1 Å². The van der Waals surface area contributed by atoms with Gasteiger partial charge in [-0.25, -0.2) is 0 Å². The Labute approximate surface area is 166 Å². The van der Waals surface area contributed by atoms with Gasteiger partial charge in [0.25, 0.3) is 5.91 Å². The van der Waals surface area contributed by atoms with E-state index < -0.39 is 0 Å². The zero-order chi connectivity index (χ0) is 19.9. The van der Waals surface area contributed by atoms with Gasteiger partial charge in [-0.1, -0.05) is 5.16 Å². The maximum Gasteiger partial charge on any atom is 0.255 e. The maximum absolute atomic E-state index is 12.3. The number of aryl methyl sites for hydroxylation is 1. The van der Waals surface area contributed by atoms with Crippen LogP contribution in [-0.4, -0.2) is 29.8 Å². The lowest BCUT2D eigenvalue weighted by Gasteiger charge is -2.07. The minimum Gasteiger partial charge on any atom is -0.497 e. The summed E-state index contributed by atoms with van der Waals surface area (Å²) in [6.07, 6.45) is 0. The lowest BCUT2D eigenvalue weighted by Crippen LogP contribution is -2.14. The van der Waals surface area contributed by atoms with Crippen LogP contribution >= 0.6 is 11.8 Å². The highest BCUT2D eigenvalue weighted by molar-refractivity contribution is 8.00. The van der Waals surface area contributed by atoms with E-state index in [0.29, 0.717) is 28.6 Å². The first-order valence-corrected chi connectivity index (χ1v) is 9.43. The predicted molar refractivity (Wildman–Crippen MR) is 108 cm³/mol. The van der Waals surface area contributed by atoms with Crippen molar-refractivity contribution in [1.82, 2.24) is 5.16 Å². The SMILES string of the molecule is COc1ccc(C(=O)Nc2ccc(SCC(=O)Nc3cc(C)on3)cc2)cc1. The summed E-state index contributed by atoms with van der Waals surface area (Å²) in [4.78, 5) is 25.1. The monoisotopic (exact) mass is 397 g/mol. The fourth-order valence-corrected chi connectivity index (χ4v) is 3.03. The lowest BCUT2D eigenvalue weighted by molar-refractivity contribution is -0.113. The number of hydrogen-bond acceptors (Lipinski definition) is 6. The smallest absolute Gasteiger partial charge is 0.255 e. The Morgan fingerprint density at radius 2 is 1.79 bits per heavy atom. The zero-order valence-electron chi connectivity index (χ0n) is 15.4. The van der Waals surface area contributed by atoms with Crippen molar-refractivity contribution < 1.29 is 18.8 Å². The third-order valence-corrected chi connectivity index (χ3v) is 4.74. The van der Waals surface area contributed by atoms with Gasteiger partial charge in [-0.2, -0.15) is 0 Å². The van der Waals surface area contributed by atoms with Crippen molar-refractivity contribution >= 4 is 35.1 Å². The second-order valence-electron chi connectivity index (χ2n) is 5.87. The number of amides is 2. The van der Waals surface area contributed by atoms with Gasteiger partial charge in [-0.15, -0.1) is 11.8 Å². The van der Waals surface area contributed by atoms with Crippen LogP contribution in [0.3, 0.4) is 0 Å². The zero-order valence-corrected chi connectivity index (χ0v) is 16.2. The average Bonchev–Trinajstić information content (AvgIpc) is 3.12. The minimum absolute atomic E-state index is 0.171. The summed E-state index contributed by atoms with van der Waals surface area (Å²) in [5.41, 5.74) is 1.21. The molecule has 144 valence electrons. The molecule has 0 unspecified atom stereocenters. The van der Waals surface area contributed by atoms with Crippen LogP contribution < -0.4 is 15.4 Å². The summed E-state index contributed by atoms with van der Waals surface area (Å²) in [5.74, 6) is 1.60. The molecule has 0 bridgehead atoms. The number of benzene rings is 2. The van der Waals surface area contributed by atoms with Crippen LogP contribution in [0.5, 0.6) is 5.75 Å². The standard InChI is InChI=1S/C20H19N3O4S/c1-13-11-18(23-27-13)22-19(24)12-28-17-9-5-15(6-10-17)21-20(25)14-3-7-16(26-2)8-4-14/h3-11H,12H2,1-2H3,(H,21,25)(H,22,23,24). The van der Waals surface area contributed by atoms with Crippen LogP contribution in [0, 0.1) is 6.92 Å². The molecule has 2 amide bonds. The normalized spacial score (nSPS) is 10.4. The summed E-state index contributed by atoms with van der Waals surface area (Å²) in [6, 6.07) is 15.8. The number of nitrogens with one attached hydrogen (secondary N) is 2. The van der Waals surface area contributed by atoms with E-state index in [1.165, 1.54) is 11.8 Å². The molecule has 28 heavy (non-hydrogen) atoms. The number of hydrogen-bond donors (Lipinski definition) is 2. The number of carbonyl (C=O) groups excluding carboxylic acids is 2. The first-order chi connectivity index (χ1) is 13.5. The number of aromatic nitrogens is 1. The van der Waals surface area contributed by atoms with Crippen molar-refractivity contribution in [2.24, 2.45) is 0 Å². The summed E-state index contributed by atoms with van der Waals surface area (Å²) >= 11 is 1.39. The highest BCUT2D eigenvalue weighted by atomic mass is 32.2. The summed E-state index contributed by atoms with van der Waals surface area (Å²) in [5, 5.41) is 9.22. The third kappa shape index (κ3) is 5.37. The molecule has 8 heteroatoms. The van der Waals surface area contributed by atoms with Gasteiger partial charge in [0.05, 0.1) is 12.9 Å². The molecule has 0 fully saturated rings. The van der Waals surface area contributed by atoms with Gasteiger partial charge < -0.3 is 19.9 Å². The molecule has 0 spiro atoms. The molecule has 7 nitrogen and oxygen atoms in total. The van der Waals surface area contributed by atoms with E-state index in [0.717, 1.165) is 4.90 Å². The van der Waals surface area contributed by atoms with Crippen molar-refractivity contribution in [1.29, 1.82) is 0 Å². The van der Waals surface area contributed by atoms with E-state index in [9.17, 15) is 9.59 Å². The number of thioether (sulfide) groups is 1. The van der Waals surface area contributed by atoms with Gasteiger partial charge >= 0.3 is 0 Å². The van der Waals surface area contributed by atoms with E-state index in [1.54, 1.807) is 56.5 Å². The van der Waals surface area contributed by atoms with Crippen LogP contribution in [-0.2, 0) is 4.79 Å². The molecule has 0 aliphatic rings. The third-order valence-electron chi connectivity index (χ3n) is 3.73. The Kier molecular flexibility index (Phi) is 6.33. The van der Waals surface area contributed by atoms with E-state index >= 15 is 0 Å². The molecule has 0 radical (unpaired) electrons. The number of anilines is 2. The molecule has 0 aliphatic carbocycles. The molecule has 3 aromatic rings. The second kappa shape index (κ2) is 9.09. The van der Waals surface area contributed by atoms with Gasteiger partial charge in [-0.05, 0) is 55.5 Å². The molecular weight excluding hydrogens is 378 g/mol. The molecule has 0 saturated heterocycles. The van der Waals surface area contributed by atoms with Gasteiger partial charge in [-0.3, -0.25) is 9.59 Å². The summed E-state index contributed by atoms with van der Waals surface area (Å²) < 4.78 is 9.99. The molecule has 2 aromatic carbocycles. The Bertz CT molecular complexity index is 952. The summed E-state index contributed by atoms with van der Waals surface area (Å²) in [7, 11) is 1.58. The van der Waals surface area contributed by atoms with Gasteiger partial charge in [0.2, 0.25) is 5.91 Å². The number of methoxy groups -OCH3 is 1. The number of rotatable bonds is 7. The van der Waals surface area contributed by atoms with Crippen LogP contribution in [0.15, 0.2) is 64.0 Å². The van der Waals surface area contributed by atoms with E-state index in [2.05, 4.69) is 15.8 Å². The van der Waals surface area contributed by atoms with Crippen LogP contribution in [0.2, 0.25) is 0 Å². The highest BCUT2D eigenvalue weighted by Gasteiger charge is 2.08. The Morgan fingerprint density at radius 1 is 1.07 bits per heavy atom. The average molecular weight is 397 g/mol. The number of carbonyl (C=O) groups is 2. The van der Waals surface area contributed by atoms with Gasteiger partial charge in [0.1, 0.15) is 11.5 Å². The highest BCUT2D eigenvalue weighted by Crippen LogP contribution is 2.21. The Morgan fingerprint density at radius 3 is 2.39 bits per heavy atom. The Balaban J connectivity index is 1.50. The van der Waals surface area contributed by atoms with Crippen molar-refractivity contribution in [3.8, 4) is 5.75 Å². The molecule has 1 heterocycles. The predicted octanol–water partition coefficient (Wildman–Crippen LogP) is 3.97. The molecule has 0 aliphatic heterocycles. The molecule has 0 saturated carbocycles. The van der Waals surface area contributed by atoms with Crippen molar-refractivity contribution in [2.45, 2.75) is 11.8 Å². The van der Waals surface area contributed by atoms with Crippen LogP contribution in [0.4, 0.5) is 11.5 Å². The first kappa shape index (κ1) is 19.5. The molecule has 2 N–H and O–H groups in total. The molecule has 3 rings (SSSR count). The quantitative estimate of drug-likeness (QED) is 0.586. The first-order valence-electron chi connectivity index (χ1n) is 8.45.